The number of H-pyrrole nitrogens is 1. The first-order valence-electron chi connectivity index (χ1n) is 7.67. The van der Waals surface area contributed by atoms with Gasteiger partial charge in [0.15, 0.2) is 0 Å². The van der Waals surface area contributed by atoms with Crippen LogP contribution in [0.2, 0.25) is 0 Å². The van der Waals surface area contributed by atoms with Crippen molar-refractivity contribution in [1.29, 1.82) is 0 Å². The van der Waals surface area contributed by atoms with Crippen molar-refractivity contribution < 1.29 is 0 Å². The third-order valence-electron chi connectivity index (χ3n) is 3.97. The molecule has 0 aliphatic carbocycles. The number of hydrogen-bond acceptors (Lipinski definition) is 2. The molecule has 0 aliphatic heterocycles. The second kappa shape index (κ2) is 5.61. The summed E-state index contributed by atoms with van der Waals surface area (Å²) in [6.45, 7) is 2.12. The molecule has 0 atom stereocenters. The van der Waals surface area contributed by atoms with Crippen LogP contribution in [0.25, 0.3) is 22.2 Å². The van der Waals surface area contributed by atoms with E-state index in [1.807, 2.05) is 42.6 Å². The Morgan fingerprint density at radius 2 is 1.78 bits per heavy atom. The number of rotatable bonds is 3. The highest BCUT2D eigenvalue weighted by atomic mass is 15.0. The second-order valence-electron chi connectivity index (χ2n) is 5.63. The minimum Gasteiger partial charge on any atom is -0.361 e. The summed E-state index contributed by atoms with van der Waals surface area (Å²) in [6, 6.07) is 22.6. The van der Waals surface area contributed by atoms with Crippen LogP contribution in [0, 0.1) is 6.92 Å². The van der Waals surface area contributed by atoms with Gasteiger partial charge in [0.05, 0.1) is 5.69 Å². The molecule has 2 aromatic heterocycles. The third kappa shape index (κ3) is 2.69. The molecule has 0 unspecified atom stereocenters. The summed E-state index contributed by atoms with van der Waals surface area (Å²) in [6.07, 6.45) is 1.97. The Kier molecular flexibility index (Phi) is 3.31. The van der Waals surface area contributed by atoms with Gasteiger partial charge in [-0.05, 0) is 42.8 Å². The number of nitrogens with one attached hydrogen (secondary N) is 2. The molecule has 0 spiro atoms. The number of anilines is 2. The fourth-order valence-corrected chi connectivity index (χ4v) is 2.85. The van der Waals surface area contributed by atoms with Gasteiger partial charge < -0.3 is 10.3 Å². The molecule has 0 amide bonds. The van der Waals surface area contributed by atoms with Crippen LogP contribution in [0.15, 0.2) is 72.9 Å². The Labute approximate surface area is 135 Å². The van der Waals surface area contributed by atoms with E-state index in [4.69, 9.17) is 4.98 Å². The number of pyridine rings is 1. The summed E-state index contributed by atoms with van der Waals surface area (Å²) in [5, 5.41) is 4.66. The normalized spacial score (nSPS) is 10.8. The van der Waals surface area contributed by atoms with Gasteiger partial charge in [0.1, 0.15) is 5.82 Å². The molecule has 0 aliphatic rings. The Morgan fingerprint density at radius 1 is 0.913 bits per heavy atom. The van der Waals surface area contributed by atoms with E-state index in [9.17, 15) is 0 Å². The maximum absolute atomic E-state index is 4.71. The average Bonchev–Trinajstić information content (AvgIpc) is 3.05. The topological polar surface area (TPSA) is 40.7 Å². The van der Waals surface area contributed by atoms with Gasteiger partial charge >= 0.3 is 0 Å². The molecule has 2 heterocycles. The van der Waals surface area contributed by atoms with Crippen LogP contribution in [0.3, 0.4) is 0 Å². The molecule has 23 heavy (non-hydrogen) atoms. The minimum atomic E-state index is 0.844. The molecule has 0 bridgehead atoms. The number of aryl methyl sites for hydroxylation is 1. The van der Waals surface area contributed by atoms with Crippen molar-refractivity contribution in [1.82, 2.24) is 9.97 Å². The lowest BCUT2D eigenvalue weighted by molar-refractivity contribution is 1.30. The van der Waals surface area contributed by atoms with Crippen LogP contribution in [0.1, 0.15) is 5.56 Å². The summed E-state index contributed by atoms with van der Waals surface area (Å²) in [5.74, 6) is 0.844. The van der Waals surface area contributed by atoms with Gasteiger partial charge in [-0.2, -0.15) is 0 Å². The smallest absolute Gasteiger partial charge is 0.131 e. The summed E-state index contributed by atoms with van der Waals surface area (Å²) >= 11 is 0. The predicted molar refractivity (Wildman–Crippen MR) is 96.0 cm³/mol. The van der Waals surface area contributed by atoms with Gasteiger partial charge in [0.25, 0.3) is 0 Å². The molecule has 0 fully saturated rings. The second-order valence-corrected chi connectivity index (χ2v) is 5.63. The SMILES string of the molecule is Cc1cc(Nc2cccc(-c3ccccc3)n2)cc2[nH]ccc12. The Morgan fingerprint density at radius 3 is 2.65 bits per heavy atom. The zero-order valence-corrected chi connectivity index (χ0v) is 12.9. The van der Waals surface area contributed by atoms with Crippen LogP contribution < -0.4 is 5.32 Å². The Balaban J connectivity index is 1.68. The lowest BCUT2D eigenvalue weighted by atomic mass is 10.1. The molecule has 4 aromatic rings. The minimum absolute atomic E-state index is 0.844. The largest absolute Gasteiger partial charge is 0.361 e. The molecule has 0 saturated heterocycles. The third-order valence-corrected chi connectivity index (χ3v) is 3.97. The quantitative estimate of drug-likeness (QED) is 0.540. The summed E-state index contributed by atoms with van der Waals surface area (Å²) in [7, 11) is 0. The van der Waals surface area contributed by atoms with E-state index in [-0.39, 0.29) is 0 Å². The van der Waals surface area contributed by atoms with Gasteiger partial charge in [-0.1, -0.05) is 36.4 Å². The van der Waals surface area contributed by atoms with Crippen LogP contribution in [-0.4, -0.2) is 9.97 Å². The number of hydrogen-bond donors (Lipinski definition) is 2. The average molecular weight is 299 g/mol. The zero-order chi connectivity index (χ0) is 15.6. The van der Waals surface area contributed by atoms with Crippen molar-refractivity contribution >= 4 is 22.4 Å². The first kappa shape index (κ1) is 13.6. The number of aromatic nitrogens is 2. The molecule has 3 nitrogen and oxygen atoms in total. The van der Waals surface area contributed by atoms with Crippen molar-refractivity contribution in [3.63, 3.8) is 0 Å². The number of aromatic amines is 1. The van der Waals surface area contributed by atoms with Gasteiger partial charge in [-0.3, -0.25) is 0 Å². The number of fused-ring (bicyclic) bond motifs is 1. The van der Waals surface area contributed by atoms with Gasteiger partial charge in [-0.25, -0.2) is 4.98 Å². The lowest BCUT2D eigenvalue weighted by Gasteiger charge is -2.09. The highest BCUT2D eigenvalue weighted by Crippen LogP contribution is 2.25. The molecule has 3 heteroatoms. The summed E-state index contributed by atoms with van der Waals surface area (Å²) in [4.78, 5) is 7.98. The standard InChI is InChI=1S/C20H17N3/c1-14-12-16(13-19-17(14)10-11-21-19)22-20-9-5-8-18(23-20)15-6-3-2-4-7-15/h2-13,21H,1H3,(H,22,23). The van der Waals surface area contributed by atoms with E-state index in [1.54, 1.807) is 0 Å². The van der Waals surface area contributed by atoms with Crippen LogP contribution in [0.5, 0.6) is 0 Å². The van der Waals surface area contributed by atoms with Crippen LogP contribution in [0.4, 0.5) is 11.5 Å². The van der Waals surface area contributed by atoms with Gasteiger partial charge in [-0.15, -0.1) is 0 Å². The molecular formula is C20H17N3. The summed E-state index contributed by atoms with van der Waals surface area (Å²) < 4.78 is 0. The van der Waals surface area contributed by atoms with Gasteiger partial charge in [0.2, 0.25) is 0 Å². The number of benzene rings is 2. The van der Waals surface area contributed by atoms with Crippen molar-refractivity contribution in [2.24, 2.45) is 0 Å². The van der Waals surface area contributed by atoms with Crippen LogP contribution in [-0.2, 0) is 0 Å². The van der Waals surface area contributed by atoms with Crippen molar-refractivity contribution in [2.45, 2.75) is 6.92 Å². The highest BCUT2D eigenvalue weighted by Gasteiger charge is 2.04. The van der Waals surface area contributed by atoms with Crippen LogP contribution >= 0.6 is 0 Å². The van der Waals surface area contributed by atoms with Crippen molar-refractivity contribution in [3.05, 3.63) is 78.5 Å². The molecule has 2 N–H and O–H groups in total. The molecule has 2 aromatic carbocycles. The maximum atomic E-state index is 4.71. The monoisotopic (exact) mass is 299 g/mol. The fourth-order valence-electron chi connectivity index (χ4n) is 2.85. The number of nitrogens with zero attached hydrogens (tertiary/aromatic N) is 1. The first-order chi connectivity index (χ1) is 11.3. The van der Waals surface area contributed by atoms with E-state index in [0.717, 1.165) is 28.3 Å². The Hall–Kier alpha value is -3.07. The van der Waals surface area contributed by atoms with Gasteiger partial charge in [0, 0.05) is 28.4 Å². The molecule has 0 radical (unpaired) electrons. The fraction of sp³-hybridized carbons (Fsp3) is 0.0500. The highest BCUT2D eigenvalue weighted by molar-refractivity contribution is 5.87. The molecular weight excluding hydrogens is 282 g/mol. The Bertz CT molecular complexity index is 955. The first-order valence-corrected chi connectivity index (χ1v) is 7.67. The lowest BCUT2D eigenvalue weighted by Crippen LogP contribution is -1.95. The van der Waals surface area contributed by atoms with Crippen molar-refractivity contribution in [3.8, 4) is 11.3 Å². The molecule has 112 valence electrons. The van der Waals surface area contributed by atoms with E-state index >= 15 is 0 Å². The molecule has 4 rings (SSSR count). The predicted octanol–water partition coefficient (Wildman–Crippen LogP) is 5.28. The van der Waals surface area contributed by atoms with E-state index < -0.39 is 0 Å². The van der Waals surface area contributed by atoms with E-state index in [2.05, 4.69) is 47.6 Å². The molecule has 0 saturated carbocycles. The van der Waals surface area contributed by atoms with Crippen molar-refractivity contribution in [2.75, 3.05) is 5.32 Å². The van der Waals surface area contributed by atoms with E-state index in [1.165, 1.54) is 10.9 Å². The summed E-state index contributed by atoms with van der Waals surface area (Å²) in [5.41, 5.74) is 5.49. The maximum Gasteiger partial charge on any atom is 0.131 e. The van der Waals surface area contributed by atoms with E-state index in [0.29, 0.717) is 0 Å². The zero-order valence-electron chi connectivity index (χ0n) is 12.9.